The Morgan fingerprint density at radius 1 is 1.22 bits per heavy atom. The van der Waals surface area contributed by atoms with Gasteiger partial charge in [0, 0.05) is 26.2 Å². The van der Waals surface area contributed by atoms with Crippen LogP contribution in [0.25, 0.3) is 0 Å². The number of hydrogen-bond acceptors (Lipinski definition) is 4. The van der Waals surface area contributed by atoms with E-state index in [4.69, 9.17) is 15.2 Å². The van der Waals surface area contributed by atoms with Gasteiger partial charge in [-0.05, 0) is 25.0 Å². The lowest BCUT2D eigenvalue weighted by Gasteiger charge is -2.21. The molecule has 0 aromatic heterocycles. The highest BCUT2D eigenvalue weighted by atomic mass is 16.5. The zero-order valence-corrected chi connectivity index (χ0v) is 11.0. The van der Waals surface area contributed by atoms with Crippen molar-refractivity contribution in [3.63, 3.8) is 0 Å². The maximum Gasteiger partial charge on any atom is 0.142 e. The van der Waals surface area contributed by atoms with E-state index in [0.29, 0.717) is 12.3 Å². The van der Waals surface area contributed by atoms with Gasteiger partial charge in [-0.15, -0.1) is 0 Å². The molecule has 0 radical (unpaired) electrons. The van der Waals surface area contributed by atoms with E-state index in [9.17, 15) is 0 Å². The molecule has 0 aliphatic heterocycles. The third-order valence-corrected chi connectivity index (χ3v) is 3.20. The molecule has 0 atom stereocenters. The first-order valence-electron chi connectivity index (χ1n) is 6.51. The minimum Gasteiger partial charge on any atom is -0.490 e. The van der Waals surface area contributed by atoms with Gasteiger partial charge < -0.3 is 15.2 Å². The summed E-state index contributed by atoms with van der Waals surface area (Å²) in [5.74, 6) is 0.778. The van der Waals surface area contributed by atoms with E-state index in [1.54, 1.807) is 7.11 Å². The number of ether oxygens (including phenoxy) is 2. The molecule has 1 aromatic carbocycles. The Labute approximate surface area is 109 Å². The summed E-state index contributed by atoms with van der Waals surface area (Å²) in [6.45, 7) is 3.37. The second-order valence-electron chi connectivity index (χ2n) is 4.65. The first-order valence-corrected chi connectivity index (χ1v) is 6.51. The number of nitrogens with zero attached hydrogens (tertiary/aromatic N) is 1. The summed E-state index contributed by atoms with van der Waals surface area (Å²) in [4.78, 5) is 2.43. The number of rotatable bonds is 8. The van der Waals surface area contributed by atoms with Gasteiger partial charge in [-0.25, -0.2) is 0 Å². The maximum atomic E-state index is 5.83. The molecular formula is C14H22N2O2. The number of anilines is 1. The van der Waals surface area contributed by atoms with Crippen LogP contribution in [0.2, 0.25) is 0 Å². The van der Waals surface area contributed by atoms with Crippen molar-refractivity contribution in [1.82, 2.24) is 4.90 Å². The van der Waals surface area contributed by atoms with E-state index in [-0.39, 0.29) is 0 Å². The minimum absolute atomic E-state index is 0.675. The predicted octanol–water partition coefficient (Wildman–Crippen LogP) is 1.76. The topological polar surface area (TPSA) is 47.7 Å². The van der Waals surface area contributed by atoms with Crippen molar-refractivity contribution in [2.45, 2.75) is 18.9 Å². The molecule has 0 bridgehead atoms. The first kappa shape index (κ1) is 13.2. The van der Waals surface area contributed by atoms with E-state index < -0.39 is 0 Å². The first-order chi connectivity index (χ1) is 8.81. The van der Waals surface area contributed by atoms with Crippen LogP contribution in [0.5, 0.6) is 5.75 Å². The van der Waals surface area contributed by atoms with Crippen molar-refractivity contribution in [3.05, 3.63) is 24.3 Å². The summed E-state index contributed by atoms with van der Waals surface area (Å²) in [5.41, 5.74) is 6.53. The molecule has 1 fully saturated rings. The van der Waals surface area contributed by atoms with Crippen molar-refractivity contribution >= 4 is 5.69 Å². The summed E-state index contributed by atoms with van der Waals surface area (Å²) in [6.07, 6.45) is 2.61. The van der Waals surface area contributed by atoms with Gasteiger partial charge in [-0.2, -0.15) is 0 Å². The zero-order valence-electron chi connectivity index (χ0n) is 11.0. The Hall–Kier alpha value is -1.26. The number of hydrogen-bond donors (Lipinski definition) is 1. The summed E-state index contributed by atoms with van der Waals surface area (Å²) in [6, 6.07) is 8.36. The lowest BCUT2D eigenvalue weighted by atomic mass is 10.3. The molecule has 0 heterocycles. The molecule has 1 saturated carbocycles. The third kappa shape index (κ3) is 3.89. The molecule has 2 rings (SSSR count). The van der Waals surface area contributed by atoms with Crippen LogP contribution < -0.4 is 10.5 Å². The molecule has 4 nitrogen and oxygen atoms in total. The lowest BCUT2D eigenvalue weighted by Crippen LogP contribution is -2.33. The summed E-state index contributed by atoms with van der Waals surface area (Å²) >= 11 is 0. The van der Waals surface area contributed by atoms with Gasteiger partial charge in [-0.3, -0.25) is 4.90 Å². The number of nitrogen functional groups attached to an aromatic ring is 1. The summed E-state index contributed by atoms with van der Waals surface area (Å²) in [5, 5.41) is 0. The standard InChI is InChI=1S/C14H22N2O2/c1-17-10-8-16(12-6-7-12)9-11-18-14-5-3-2-4-13(14)15/h2-5,12H,6-11,15H2,1H3. The van der Waals surface area contributed by atoms with E-state index in [1.165, 1.54) is 12.8 Å². The fraction of sp³-hybridized carbons (Fsp3) is 0.571. The molecule has 18 heavy (non-hydrogen) atoms. The fourth-order valence-electron chi connectivity index (χ4n) is 2.01. The molecule has 4 heteroatoms. The van der Waals surface area contributed by atoms with Gasteiger partial charge in [0.2, 0.25) is 0 Å². The molecule has 1 aliphatic rings. The highest BCUT2D eigenvalue weighted by Crippen LogP contribution is 2.26. The molecular weight excluding hydrogens is 228 g/mol. The monoisotopic (exact) mass is 250 g/mol. The smallest absolute Gasteiger partial charge is 0.142 e. The SMILES string of the molecule is COCCN(CCOc1ccccc1N)C1CC1. The number of para-hydroxylation sites is 2. The lowest BCUT2D eigenvalue weighted by molar-refractivity contribution is 0.130. The van der Waals surface area contributed by atoms with Crippen molar-refractivity contribution in [2.75, 3.05) is 39.1 Å². The Morgan fingerprint density at radius 2 is 1.94 bits per heavy atom. The quantitative estimate of drug-likeness (QED) is 0.714. The van der Waals surface area contributed by atoms with Crippen LogP contribution in [0.1, 0.15) is 12.8 Å². The van der Waals surface area contributed by atoms with Crippen molar-refractivity contribution in [1.29, 1.82) is 0 Å². The molecule has 0 unspecified atom stereocenters. The van der Waals surface area contributed by atoms with Gasteiger partial charge in [-0.1, -0.05) is 12.1 Å². The van der Waals surface area contributed by atoms with Crippen LogP contribution in [-0.2, 0) is 4.74 Å². The second-order valence-corrected chi connectivity index (χ2v) is 4.65. The van der Waals surface area contributed by atoms with E-state index in [0.717, 1.165) is 31.5 Å². The number of benzene rings is 1. The van der Waals surface area contributed by atoms with Crippen LogP contribution in [0.4, 0.5) is 5.69 Å². The van der Waals surface area contributed by atoms with E-state index >= 15 is 0 Å². The number of methoxy groups -OCH3 is 1. The van der Waals surface area contributed by atoms with Crippen LogP contribution >= 0.6 is 0 Å². The van der Waals surface area contributed by atoms with Crippen LogP contribution in [0, 0.1) is 0 Å². The van der Waals surface area contributed by atoms with Crippen LogP contribution in [0.3, 0.4) is 0 Å². The molecule has 2 N–H and O–H groups in total. The third-order valence-electron chi connectivity index (χ3n) is 3.20. The molecule has 0 spiro atoms. The Bertz CT molecular complexity index is 367. The Kier molecular flexibility index (Phi) is 4.84. The van der Waals surface area contributed by atoms with E-state index in [2.05, 4.69) is 4.90 Å². The molecule has 1 aliphatic carbocycles. The van der Waals surface area contributed by atoms with Gasteiger partial charge in [0.05, 0.1) is 12.3 Å². The molecule has 1 aromatic rings. The molecule has 0 amide bonds. The Morgan fingerprint density at radius 3 is 2.61 bits per heavy atom. The summed E-state index contributed by atoms with van der Waals surface area (Å²) < 4.78 is 10.8. The minimum atomic E-state index is 0.675. The Balaban J connectivity index is 1.74. The van der Waals surface area contributed by atoms with Gasteiger partial charge in [0.15, 0.2) is 0 Å². The average molecular weight is 250 g/mol. The maximum absolute atomic E-state index is 5.83. The average Bonchev–Trinajstić information content (AvgIpc) is 3.20. The van der Waals surface area contributed by atoms with Gasteiger partial charge in [0.1, 0.15) is 12.4 Å². The van der Waals surface area contributed by atoms with Gasteiger partial charge in [0.25, 0.3) is 0 Å². The van der Waals surface area contributed by atoms with Crippen molar-refractivity contribution in [3.8, 4) is 5.75 Å². The van der Waals surface area contributed by atoms with Gasteiger partial charge >= 0.3 is 0 Å². The molecule has 0 saturated heterocycles. The fourth-order valence-corrected chi connectivity index (χ4v) is 2.01. The zero-order chi connectivity index (χ0) is 12.8. The highest BCUT2D eigenvalue weighted by Gasteiger charge is 2.28. The summed E-state index contributed by atoms with van der Waals surface area (Å²) in [7, 11) is 1.74. The van der Waals surface area contributed by atoms with Crippen molar-refractivity contribution < 1.29 is 9.47 Å². The molecule has 100 valence electrons. The van der Waals surface area contributed by atoms with Crippen LogP contribution in [0.15, 0.2) is 24.3 Å². The predicted molar refractivity (Wildman–Crippen MR) is 72.8 cm³/mol. The normalized spacial score (nSPS) is 15.0. The second kappa shape index (κ2) is 6.61. The van der Waals surface area contributed by atoms with Crippen LogP contribution in [-0.4, -0.2) is 44.4 Å². The van der Waals surface area contributed by atoms with E-state index in [1.807, 2.05) is 24.3 Å². The van der Waals surface area contributed by atoms with Crippen molar-refractivity contribution in [2.24, 2.45) is 0 Å². The number of nitrogens with two attached hydrogens (primary N) is 1. The largest absolute Gasteiger partial charge is 0.490 e. The highest BCUT2D eigenvalue weighted by molar-refractivity contribution is 5.51.